The summed E-state index contributed by atoms with van der Waals surface area (Å²) in [6.45, 7) is 0.973. The van der Waals surface area contributed by atoms with Crippen LogP contribution in [0, 0.1) is 5.92 Å². The van der Waals surface area contributed by atoms with E-state index in [2.05, 4.69) is 49.1 Å². The van der Waals surface area contributed by atoms with Gasteiger partial charge < -0.3 is 4.90 Å². The van der Waals surface area contributed by atoms with Crippen LogP contribution in [-0.4, -0.2) is 31.2 Å². The molecule has 2 aliphatic rings. The Morgan fingerprint density at radius 3 is 2.71 bits per heavy atom. The van der Waals surface area contributed by atoms with Crippen molar-refractivity contribution in [1.29, 1.82) is 0 Å². The number of fused-ring (bicyclic) bond motifs is 1. The standard InChI is InChI=1S/C21H26BNO/c22-20-8-4-5-16-13-15(9-10-19(16)20)14-17-11-12-23(21(17)24)18-6-2-1-3-7-18/h4-5,8-10,13,17-18H,1-3,6-7,11-12,14,22H2. The van der Waals surface area contributed by atoms with E-state index < -0.39 is 0 Å². The molecule has 3 heteroatoms. The molecule has 1 heterocycles. The minimum atomic E-state index is 0.189. The predicted octanol–water partition coefficient (Wildman–Crippen LogP) is 2.82. The minimum absolute atomic E-state index is 0.189. The van der Waals surface area contributed by atoms with E-state index in [4.69, 9.17) is 0 Å². The van der Waals surface area contributed by atoms with Crippen LogP contribution in [0.15, 0.2) is 36.4 Å². The van der Waals surface area contributed by atoms with Crippen LogP contribution < -0.4 is 5.46 Å². The van der Waals surface area contributed by atoms with E-state index in [1.807, 2.05) is 0 Å². The lowest BCUT2D eigenvalue weighted by Crippen LogP contribution is -2.39. The molecule has 2 aromatic rings. The molecule has 0 N–H and O–H groups in total. The molecule has 1 amide bonds. The Balaban J connectivity index is 1.48. The Hall–Kier alpha value is -1.77. The number of nitrogens with zero attached hydrogens (tertiary/aromatic N) is 1. The molecule has 1 unspecified atom stereocenters. The maximum Gasteiger partial charge on any atom is 0.226 e. The van der Waals surface area contributed by atoms with Crippen molar-refractivity contribution in [3.05, 3.63) is 42.0 Å². The third-order valence-corrected chi connectivity index (χ3v) is 6.01. The van der Waals surface area contributed by atoms with E-state index in [1.54, 1.807) is 0 Å². The third-order valence-electron chi connectivity index (χ3n) is 6.01. The molecule has 0 spiro atoms. The van der Waals surface area contributed by atoms with Crippen LogP contribution >= 0.6 is 0 Å². The molecule has 24 heavy (non-hydrogen) atoms. The highest BCUT2D eigenvalue weighted by molar-refractivity contribution is 6.38. The molecular weight excluding hydrogens is 293 g/mol. The molecule has 2 nitrogen and oxygen atoms in total. The summed E-state index contributed by atoms with van der Waals surface area (Å²) in [4.78, 5) is 15.1. The van der Waals surface area contributed by atoms with Crippen molar-refractivity contribution < 1.29 is 4.79 Å². The van der Waals surface area contributed by atoms with E-state index >= 15 is 0 Å². The first-order valence-corrected chi connectivity index (χ1v) is 9.51. The number of hydrogen-bond donors (Lipinski definition) is 0. The first kappa shape index (κ1) is 15.7. The highest BCUT2D eigenvalue weighted by Gasteiger charge is 2.36. The molecule has 1 atom stereocenters. The van der Waals surface area contributed by atoms with Gasteiger partial charge in [0.15, 0.2) is 0 Å². The summed E-state index contributed by atoms with van der Waals surface area (Å²) in [6, 6.07) is 13.7. The quantitative estimate of drug-likeness (QED) is 0.797. The molecule has 2 aromatic carbocycles. The normalized spacial score (nSPS) is 22.4. The van der Waals surface area contributed by atoms with Crippen molar-refractivity contribution in [3.63, 3.8) is 0 Å². The van der Waals surface area contributed by atoms with Gasteiger partial charge in [-0.1, -0.05) is 61.1 Å². The second-order valence-corrected chi connectivity index (χ2v) is 7.64. The molecule has 1 saturated heterocycles. The summed E-state index contributed by atoms with van der Waals surface area (Å²) in [7, 11) is 2.16. The fourth-order valence-corrected chi connectivity index (χ4v) is 4.61. The van der Waals surface area contributed by atoms with Crippen LogP contribution in [0.4, 0.5) is 0 Å². The maximum absolute atomic E-state index is 12.9. The van der Waals surface area contributed by atoms with Gasteiger partial charge in [-0.2, -0.15) is 0 Å². The summed E-state index contributed by atoms with van der Waals surface area (Å²) in [5, 5.41) is 2.62. The van der Waals surface area contributed by atoms with Gasteiger partial charge in [0, 0.05) is 18.5 Å². The van der Waals surface area contributed by atoms with E-state index in [1.165, 1.54) is 53.9 Å². The summed E-state index contributed by atoms with van der Waals surface area (Å²) in [5.41, 5.74) is 2.62. The van der Waals surface area contributed by atoms with Gasteiger partial charge in [-0.05, 0) is 42.0 Å². The summed E-state index contributed by atoms with van der Waals surface area (Å²) >= 11 is 0. The SMILES string of the molecule is Bc1cccc2cc(CC3CCN(C4CCCCC4)C3=O)ccc12. The van der Waals surface area contributed by atoms with Gasteiger partial charge in [0.05, 0.1) is 0 Å². The number of rotatable bonds is 3. The summed E-state index contributed by atoms with van der Waals surface area (Å²) in [5.74, 6) is 0.598. The van der Waals surface area contributed by atoms with Crippen molar-refractivity contribution in [1.82, 2.24) is 4.90 Å². The number of likely N-dealkylation sites (tertiary alicyclic amines) is 1. The Labute approximate surface area is 145 Å². The van der Waals surface area contributed by atoms with Crippen LogP contribution in [-0.2, 0) is 11.2 Å². The Bertz CT molecular complexity index is 751. The Kier molecular flexibility index (Phi) is 4.34. The van der Waals surface area contributed by atoms with E-state index in [-0.39, 0.29) is 5.92 Å². The number of benzene rings is 2. The average molecular weight is 319 g/mol. The summed E-state index contributed by atoms with van der Waals surface area (Å²) < 4.78 is 0. The molecule has 2 fully saturated rings. The second kappa shape index (κ2) is 6.62. The van der Waals surface area contributed by atoms with Gasteiger partial charge in [0.2, 0.25) is 5.91 Å². The van der Waals surface area contributed by atoms with Gasteiger partial charge in [-0.3, -0.25) is 4.79 Å². The topological polar surface area (TPSA) is 20.3 Å². The molecule has 1 aliphatic heterocycles. The maximum atomic E-state index is 12.9. The number of carbonyl (C=O) groups is 1. The zero-order valence-electron chi connectivity index (χ0n) is 14.6. The first-order valence-electron chi connectivity index (χ1n) is 9.51. The van der Waals surface area contributed by atoms with Gasteiger partial charge in [-0.15, -0.1) is 0 Å². The lowest BCUT2D eigenvalue weighted by Gasteiger charge is -2.31. The molecular formula is C21H26BNO. The highest BCUT2D eigenvalue weighted by Crippen LogP contribution is 2.30. The Morgan fingerprint density at radius 1 is 1.04 bits per heavy atom. The lowest BCUT2D eigenvalue weighted by atomic mass is 9.88. The van der Waals surface area contributed by atoms with Gasteiger partial charge in [0.1, 0.15) is 7.85 Å². The monoisotopic (exact) mass is 319 g/mol. The van der Waals surface area contributed by atoms with Gasteiger partial charge in [-0.25, -0.2) is 0 Å². The summed E-state index contributed by atoms with van der Waals surface area (Å²) in [6.07, 6.45) is 8.29. The average Bonchev–Trinajstić information content (AvgIpc) is 2.96. The van der Waals surface area contributed by atoms with Crippen LogP contribution in [0.25, 0.3) is 10.8 Å². The van der Waals surface area contributed by atoms with Gasteiger partial charge in [0.25, 0.3) is 0 Å². The molecule has 0 aromatic heterocycles. The number of amides is 1. The van der Waals surface area contributed by atoms with Crippen LogP contribution in [0.5, 0.6) is 0 Å². The molecule has 124 valence electrons. The molecule has 1 aliphatic carbocycles. The Morgan fingerprint density at radius 2 is 1.88 bits per heavy atom. The highest BCUT2D eigenvalue weighted by atomic mass is 16.2. The van der Waals surface area contributed by atoms with Crippen LogP contribution in [0.2, 0.25) is 0 Å². The second-order valence-electron chi connectivity index (χ2n) is 7.64. The fourth-order valence-electron chi connectivity index (χ4n) is 4.61. The molecule has 0 bridgehead atoms. The van der Waals surface area contributed by atoms with Crippen LogP contribution in [0.3, 0.4) is 0 Å². The zero-order valence-corrected chi connectivity index (χ0v) is 14.6. The third kappa shape index (κ3) is 2.97. The van der Waals surface area contributed by atoms with Crippen molar-refractivity contribution in [2.24, 2.45) is 5.92 Å². The van der Waals surface area contributed by atoms with Crippen molar-refractivity contribution in [2.45, 2.75) is 51.0 Å². The number of carbonyl (C=O) groups excluding carboxylic acids is 1. The van der Waals surface area contributed by atoms with Crippen molar-refractivity contribution in [2.75, 3.05) is 6.54 Å². The van der Waals surface area contributed by atoms with Crippen LogP contribution in [0.1, 0.15) is 44.1 Å². The van der Waals surface area contributed by atoms with E-state index in [0.717, 1.165) is 19.4 Å². The lowest BCUT2D eigenvalue weighted by molar-refractivity contribution is -0.133. The van der Waals surface area contributed by atoms with E-state index in [0.29, 0.717) is 11.9 Å². The molecule has 0 radical (unpaired) electrons. The zero-order chi connectivity index (χ0) is 16.5. The predicted molar refractivity (Wildman–Crippen MR) is 103 cm³/mol. The molecule has 1 saturated carbocycles. The minimum Gasteiger partial charge on any atom is -0.339 e. The van der Waals surface area contributed by atoms with E-state index in [9.17, 15) is 4.79 Å². The largest absolute Gasteiger partial charge is 0.339 e. The molecule has 4 rings (SSSR count). The first-order chi connectivity index (χ1) is 11.7. The fraction of sp³-hybridized carbons (Fsp3) is 0.476. The van der Waals surface area contributed by atoms with Crippen molar-refractivity contribution in [3.8, 4) is 0 Å². The number of hydrogen-bond acceptors (Lipinski definition) is 1. The van der Waals surface area contributed by atoms with Crippen molar-refractivity contribution >= 4 is 30.0 Å². The van der Waals surface area contributed by atoms with Gasteiger partial charge >= 0.3 is 0 Å². The smallest absolute Gasteiger partial charge is 0.226 e.